The van der Waals surface area contributed by atoms with E-state index in [4.69, 9.17) is 4.74 Å². The molecule has 0 aliphatic heterocycles. The zero-order valence-corrected chi connectivity index (χ0v) is 24.0. The van der Waals surface area contributed by atoms with Gasteiger partial charge in [0.05, 0.1) is 6.61 Å². The fourth-order valence-electron chi connectivity index (χ4n) is 4.97. The van der Waals surface area contributed by atoms with Gasteiger partial charge in [0, 0.05) is 11.1 Å². The molecule has 196 valence electrons. The van der Waals surface area contributed by atoms with E-state index in [1.165, 1.54) is 0 Å². The van der Waals surface area contributed by atoms with Gasteiger partial charge in [-0.05, 0) is 76.1 Å². The van der Waals surface area contributed by atoms with E-state index in [-0.39, 0.29) is 23.7 Å². The predicted molar refractivity (Wildman–Crippen MR) is 147 cm³/mol. The zero-order valence-electron chi connectivity index (χ0n) is 23.1. The number of unbranched alkanes of at least 4 members (excludes halogenated alkanes) is 1. The summed E-state index contributed by atoms with van der Waals surface area (Å²) >= 11 is 0. The summed E-state index contributed by atoms with van der Waals surface area (Å²) in [6, 6.07) is 7.31. The molecule has 0 heterocycles. The van der Waals surface area contributed by atoms with Crippen molar-refractivity contribution < 1.29 is 23.7 Å². The van der Waals surface area contributed by atoms with Crippen LogP contribution in [0.2, 0.25) is 0 Å². The molecule has 0 aliphatic carbocycles. The van der Waals surface area contributed by atoms with Gasteiger partial charge in [-0.1, -0.05) is 68.5 Å². The summed E-state index contributed by atoms with van der Waals surface area (Å²) in [5.74, 6) is -0.567. The van der Waals surface area contributed by atoms with Crippen LogP contribution in [-0.2, 0) is 14.1 Å². The molecule has 36 heavy (non-hydrogen) atoms. The van der Waals surface area contributed by atoms with Gasteiger partial charge in [0.15, 0.2) is 0 Å². The van der Waals surface area contributed by atoms with Crippen molar-refractivity contribution in [3.05, 3.63) is 68.8 Å². The van der Waals surface area contributed by atoms with E-state index in [0.29, 0.717) is 22.3 Å². The molecule has 1 unspecified atom stereocenters. The molecule has 0 amide bonds. The Kier molecular flexibility index (Phi) is 10.4. The van der Waals surface area contributed by atoms with Crippen molar-refractivity contribution in [3.8, 4) is 0 Å². The first-order valence-electron chi connectivity index (χ1n) is 12.9. The molecule has 2 aromatic rings. The van der Waals surface area contributed by atoms with Crippen LogP contribution in [0.1, 0.15) is 93.6 Å². The summed E-state index contributed by atoms with van der Waals surface area (Å²) in [6.45, 7) is 15.2. The first kappa shape index (κ1) is 29.7. The predicted octanol–water partition coefficient (Wildman–Crippen LogP) is 7.64. The van der Waals surface area contributed by atoms with Gasteiger partial charge in [-0.2, -0.15) is 0 Å². The van der Waals surface area contributed by atoms with Crippen LogP contribution in [0.3, 0.4) is 0 Å². The highest BCUT2D eigenvalue weighted by Crippen LogP contribution is 2.53. The molecule has 0 aromatic heterocycles. The summed E-state index contributed by atoms with van der Waals surface area (Å²) in [7, 11) is -4.38. The summed E-state index contributed by atoms with van der Waals surface area (Å²) in [5, 5.41) is 0. The van der Waals surface area contributed by atoms with Crippen LogP contribution in [0, 0.1) is 47.5 Å². The van der Waals surface area contributed by atoms with E-state index in [0.717, 1.165) is 36.8 Å². The lowest BCUT2D eigenvalue weighted by Crippen LogP contribution is -2.23. The fourth-order valence-corrected chi connectivity index (χ4v) is 7.32. The van der Waals surface area contributed by atoms with E-state index < -0.39 is 30.3 Å². The molecule has 0 saturated heterocycles. The Morgan fingerprint density at radius 1 is 0.778 bits per heavy atom. The summed E-state index contributed by atoms with van der Waals surface area (Å²) in [4.78, 5) is 40.8. The van der Waals surface area contributed by atoms with E-state index >= 15 is 0 Å². The third-order valence-electron chi connectivity index (χ3n) is 6.81. The first-order chi connectivity index (χ1) is 16.8. The van der Waals surface area contributed by atoms with Crippen LogP contribution >= 0.6 is 7.14 Å². The van der Waals surface area contributed by atoms with Crippen molar-refractivity contribution in [1.29, 1.82) is 0 Å². The number of carbonyl (C=O) groups is 3. The third kappa shape index (κ3) is 6.82. The Morgan fingerprint density at radius 3 is 1.56 bits per heavy atom. The number of rotatable bonds is 12. The molecule has 6 heteroatoms. The Hall–Kier alpha value is -2.52. The first-order valence-corrected chi connectivity index (χ1v) is 14.7. The summed E-state index contributed by atoms with van der Waals surface area (Å²) in [5.41, 5.74) is 3.46. The number of aryl methyl sites for hydroxylation is 6. The molecule has 0 spiro atoms. The number of carbonyl (C=O) groups excluding carboxylic acids is 3. The Bertz CT molecular complexity index is 1070. The third-order valence-corrected chi connectivity index (χ3v) is 9.28. The average Bonchev–Trinajstić information content (AvgIpc) is 2.77. The topological polar surface area (TPSA) is 77.5 Å². The van der Waals surface area contributed by atoms with Crippen LogP contribution in [0.4, 0.5) is 0 Å². The van der Waals surface area contributed by atoms with Crippen molar-refractivity contribution in [2.45, 2.75) is 81.1 Å². The van der Waals surface area contributed by atoms with Crippen LogP contribution in [0.5, 0.6) is 0 Å². The monoisotopic (exact) mass is 512 g/mol. The Balaban J connectivity index is 2.52. The molecule has 2 aromatic carbocycles. The standard InChI is InChI=1S/C30H41O5P/c1-9-11-12-25(10-2)17-35-26(31)18-36(34,29(32)27-21(5)13-19(3)14-22(27)6)30(33)28-23(7)15-20(4)16-24(28)8/h13-16,25H,9-12,17-18H2,1-8H3. The average molecular weight is 513 g/mol. The molecular formula is C30H41O5P. The van der Waals surface area contributed by atoms with Crippen molar-refractivity contribution in [2.75, 3.05) is 12.8 Å². The van der Waals surface area contributed by atoms with Gasteiger partial charge in [0.25, 0.3) is 0 Å². The second-order valence-electron chi connectivity index (χ2n) is 10.2. The quantitative estimate of drug-likeness (QED) is 0.216. The van der Waals surface area contributed by atoms with Gasteiger partial charge in [-0.25, -0.2) is 0 Å². The van der Waals surface area contributed by atoms with E-state index in [9.17, 15) is 18.9 Å². The molecule has 0 saturated carbocycles. The van der Waals surface area contributed by atoms with Crippen molar-refractivity contribution in [2.24, 2.45) is 5.92 Å². The molecule has 0 fully saturated rings. The highest BCUT2D eigenvalue weighted by molar-refractivity contribution is 7.96. The smallest absolute Gasteiger partial charge is 0.314 e. The normalized spacial score (nSPS) is 12.3. The maximum atomic E-state index is 14.5. The van der Waals surface area contributed by atoms with Crippen molar-refractivity contribution in [1.82, 2.24) is 0 Å². The maximum absolute atomic E-state index is 14.5. The number of hydrogen-bond donors (Lipinski definition) is 0. The van der Waals surface area contributed by atoms with Crippen molar-refractivity contribution >= 4 is 24.2 Å². The largest absolute Gasteiger partial charge is 0.465 e. The molecule has 5 nitrogen and oxygen atoms in total. The lowest BCUT2D eigenvalue weighted by molar-refractivity contribution is -0.142. The van der Waals surface area contributed by atoms with Gasteiger partial charge in [0.1, 0.15) is 6.16 Å². The molecular weight excluding hydrogens is 471 g/mol. The zero-order chi connectivity index (χ0) is 27.2. The molecule has 0 N–H and O–H groups in total. The van der Waals surface area contributed by atoms with Crippen LogP contribution in [-0.4, -0.2) is 29.8 Å². The lowest BCUT2D eigenvalue weighted by atomic mass is 10.0. The second-order valence-corrected chi connectivity index (χ2v) is 12.8. The lowest BCUT2D eigenvalue weighted by Gasteiger charge is -2.21. The van der Waals surface area contributed by atoms with E-state index in [1.807, 2.05) is 45.0 Å². The number of ether oxygens (including phenoxy) is 1. The fraction of sp³-hybridized carbons (Fsp3) is 0.500. The minimum Gasteiger partial charge on any atom is -0.465 e. The number of hydrogen-bond acceptors (Lipinski definition) is 5. The number of esters is 1. The second kappa shape index (κ2) is 12.6. The van der Waals surface area contributed by atoms with Gasteiger partial charge in [0.2, 0.25) is 18.2 Å². The highest BCUT2D eigenvalue weighted by atomic mass is 31.2. The summed E-state index contributed by atoms with van der Waals surface area (Å²) < 4.78 is 20.0. The molecule has 0 bridgehead atoms. The molecule has 0 radical (unpaired) electrons. The van der Waals surface area contributed by atoms with Crippen LogP contribution < -0.4 is 0 Å². The Morgan fingerprint density at radius 2 is 1.19 bits per heavy atom. The van der Waals surface area contributed by atoms with Gasteiger partial charge in [-0.3, -0.25) is 14.4 Å². The maximum Gasteiger partial charge on any atom is 0.314 e. The minimum atomic E-state index is -4.38. The van der Waals surface area contributed by atoms with E-state index in [1.54, 1.807) is 27.7 Å². The Labute approximate surface area is 216 Å². The molecule has 2 rings (SSSR count). The highest BCUT2D eigenvalue weighted by Gasteiger charge is 2.45. The summed E-state index contributed by atoms with van der Waals surface area (Å²) in [6.07, 6.45) is 3.14. The van der Waals surface area contributed by atoms with Gasteiger partial charge >= 0.3 is 5.97 Å². The number of benzene rings is 2. The molecule has 1 atom stereocenters. The molecule has 0 aliphatic rings. The minimum absolute atomic E-state index is 0.197. The SMILES string of the molecule is CCCCC(CC)COC(=O)CP(=O)(C(=O)c1c(C)cc(C)cc1C)C(=O)c1c(C)cc(C)cc1C. The van der Waals surface area contributed by atoms with Gasteiger partial charge in [-0.15, -0.1) is 0 Å². The van der Waals surface area contributed by atoms with Crippen molar-refractivity contribution in [3.63, 3.8) is 0 Å². The van der Waals surface area contributed by atoms with Crippen LogP contribution in [0.25, 0.3) is 0 Å². The van der Waals surface area contributed by atoms with Gasteiger partial charge < -0.3 is 9.30 Å². The van der Waals surface area contributed by atoms with Crippen LogP contribution in [0.15, 0.2) is 24.3 Å². The van der Waals surface area contributed by atoms with E-state index in [2.05, 4.69) is 6.92 Å².